The quantitative estimate of drug-likeness (QED) is 0.471. The summed E-state index contributed by atoms with van der Waals surface area (Å²) < 4.78 is 31.2. The van der Waals surface area contributed by atoms with Crippen LogP contribution in [-0.4, -0.2) is 23.0 Å². The van der Waals surface area contributed by atoms with Gasteiger partial charge in [0.25, 0.3) is 11.4 Å². The number of nitro benzene ring substituents is 2. The van der Waals surface area contributed by atoms with Crippen molar-refractivity contribution in [2.45, 2.75) is 0 Å². The monoisotopic (exact) mass is 339 g/mol. The van der Waals surface area contributed by atoms with Crippen LogP contribution in [0.1, 0.15) is 0 Å². The first-order valence-electron chi connectivity index (χ1n) is 6.63. The second-order valence-corrected chi connectivity index (χ2v) is 4.57. The first-order chi connectivity index (χ1) is 11.4. The van der Waals surface area contributed by atoms with Crippen molar-refractivity contribution in [2.75, 3.05) is 18.5 Å². The lowest BCUT2D eigenvalue weighted by Crippen LogP contribution is -2.13. The molecular formula is C14H11F2N3O5. The number of benzene rings is 2. The fourth-order valence-electron chi connectivity index (χ4n) is 1.87. The summed E-state index contributed by atoms with van der Waals surface area (Å²) in [5, 5.41) is 24.3. The second-order valence-electron chi connectivity index (χ2n) is 4.57. The molecular weight excluding hydrogens is 328 g/mol. The number of nitrogens with one attached hydrogen (secondary N) is 1. The van der Waals surface area contributed by atoms with Crippen LogP contribution < -0.4 is 10.1 Å². The Labute approximate surface area is 134 Å². The molecule has 1 N–H and O–H groups in total. The molecule has 0 aromatic heterocycles. The largest absolute Gasteiger partial charge is 0.489 e. The van der Waals surface area contributed by atoms with Gasteiger partial charge in [0.1, 0.15) is 18.1 Å². The van der Waals surface area contributed by atoms with Gasteiger partial charge in [-0.3, -0.25) is 20.2 Å². The van der Waals surface area contributed by atoms with E-state index in [1.165, 1.54) is 6.07 Å². The molecule has 2 rings (SSSR count). The minimum atomic E-state index is -0.865. The lowest BCUT2D eigenvalue weighted by molar-refractivity contribution is -0.393. The molecule has 0 bridgehead atoms. The third kappa shape index (κ3) is 4.12. The van der Waals surface area contributed by atoms with Crippen molar-refractivity contribution in [1.29, 1.82) is 0 Å². The Hall–Kier alpha value is -3.30. The Balaban J connectivity index is 1.99. The van der Waals surface area contributed by atoms with Crippen LogP contribution in [0.25, 0.3) is 0 Å². The van der Waals surface area contributed by atoms with Gasteiger partial charge in [-0.05, 0) is 18.2 Å². The molecule has 0 radical (unpaired) electrons. The van der Waals surface area contributed by atoms with Gasteiger partial charge in [-0.2, -0.15) is 0 Å². The van der Waals surface area contributed by atoms with E-state index in [2.05, 4.69) is 5.32 Å². The second kappa shape index (κ2) is 7.31. The Bertz CT molecular complexity index is 785. The number of anilines is 1. The van der Waals surface area contributed by atoms with Crippen molar-refractivity contribution in [1.82, 2.24) is 0 Å². The zero-order chi connectivity index (χ0) is 17.7. The van der Waals surface area contributed by atoms with Crippen LogP contribution in [0.15, 0.2) is 36.4 Å². The van der Waals surface area contributed by atoms with E-state index in [-0.39, 0.29) is 24.6 Å². The molecule has 2 aromatic carbocycles. The molecule has 0 aliphatic heterocycles. The van der Waals surface area contributed by atoms with Crippen LogP contribution in [0.4, 0.5) is 25.8 Å². The average Bonchev–Trinajstić information content (AvgIpc) is 2.52. The maximum Gasteiger partial charge on any atom is 0.299 e. The summed E-state index contributed by atoms with van der Waals surface area (Å²) in [5.74, 6) is -1.76. The van der Waals surface area contributed by atoms with Crippen LogP contribution in [0, 0.1) is 31.9 Å². The Morgan fingerprint density at radius 1 is 1.04 bits per heavy atom. The van der Waals surface area contributed by atoms with Crippen molar-refractivity contribution in [3.8, 4) is 5.75 Å². The fourth-order valence-corrected chi connectivity index (χ4v) is 1.87. The highest BCUT2D eigenvalue weighted by Gasteiger charge is 2.19. The first kappa shape index (κ1) is 17.1. The summed E-state index contributed by atoms with van der Waals surface area (Å²) in [6.07, 6.45) is 0. The van der Waals surface area contributed by atoms with Crippen LogP contribution in [0.2, 0.25) is 0 Å². The van der Waals surface area contributed by atoms with Gasteiger partial charge in [-0.1, -0.05) is 0 Å². The molecule has 126 valence electrons. The van der Waals surface area contributed by atoms with Crippen LogP contribution in [0.5, 0.6) is 5.75 Å². The van der Waals surface area contributed by atoms with Crippen LogP contribution in [-0.2, 0) is 0 Å². The number of ether oxygens (including phenoxy) is 1. The van der Waals surface area contributed by atoms with Gasteiger partial charge in [-0.25, -0.2) is 8.78 Å². The number of hydrogen-bond donors (Lipinski definition) is 1. The Morgan fingerprint density at radius 2 is 1.79 bits per heavy atom. The smallest absolute Gasteiger partial charge is 0.299 e. The van der Waals surface area contributed by atoms with E-state index < -0.39 is 32.9 Å². The van der Waals surface area contributed by atoms with E-state index in [1.54, 1.807) is 0 Å². The van der Waals surface area contributed by atoms with Crippen molar-refractivity contribution in [2.24, 2.45) is 0 Å². The number of nitro groups is 2. The molecule has 2 aromatic rings. The zero-order valence-corrected chi connectivity index (χ0v) is 12.1. The maximum atomic E-state index is 13.4. The molecule has 0 atom stereocenters. The third-order valence-corrected chi connectivity index (χ3v) is 2.96. The minimum absolute atomic E-state index is 0.0588. The van der Waals surface area contributed by atoms with Gasteiger partial charge in [-0.15, -0.1) is 0 Å². The van der Waals surface area contributed by atoms with Crippen LogP contribution in [0.3, 0.4) is 0 Å². The van der Waals surface area contributed by atoms with Crippen molar-refractivity contribution >= 4 is 17.1 Å². The van der Waals surface area contributed by atoms with E-state index in [1.807, 2.05) is 0 Å². The number of rotatable bonds is 7. The molecule has 0 saturated carbocycles. The first-order valence-corrected chi connectivity index (χ1v) is 6.63. The van der Waals surface area contributed by atoms with E-state index in [4.69, 9.17) is 4.74 Å². The SMILES string of the molecule is O=[N+]([O-])c1ccc(NCCOc2ccc(F)cc2F)c([N+](=O)[O-])c1. The topological polar surface area (TPSA) is 108 Å². The van der Waals surface area contributed by atoms with Gasteiger partial charge in [0, 0.05) is 18.7 Å². The average molecular weight is 339 g/mol. The van der Waals surface area contributed by atoms with Crippen LogP contribution >= 0.6 is 0 Å². The molecule has 0 fully saturated rings. The summed E-state index contributed by atoms with van der Waals surface area (Å²) in [6.45, 7) is 0.00611. The molecule has 0 unspecified atom stereocenters. The summed E-state index contributed by atoms with van der Waals surface area (Å²) in [4.78, 5) is 20.1. The molecule has 0 amide bonds. The van der Waals surface area contributed by atoms with E-state index >= 15 is 0 Å². The van der Waals surface area contributed by atoms with E-state index in [0.717, 1.165) is 24.3 Å². The molecule has 0 aliphatic carbocycles. The highest BCUT2D eigenvalue weighted by Crippen LogP contribution is 2.28. The summed E-state index contributed by atoms with van der Waals surface area (Å²) in [6, 6.07) is 5.99. The predicted molar refractivity (Wildman–Crippen MR) is 80.1 cm³/mol. The number of hydrogen-bond acceptors (Lipinski definition) is 6. The molecule has 10 heteroatoms. The maximum absolute atomic E-state index is 13.4. The predicted octanol–water partition coefficient (Wildman–Crippen LogP) is 3.27. The normalized spacial score (nSPS) is 10.2. The molecule has 0 aliphatic rings. The molecule has 8 nitrogen and oxygen atoms in total. The fraction of sp³-hybridized carbons (Fsp3) is 0.143. The summed E-state index contributed by atoms with van der Waals surface area (Å²) in [5.41, 5.74) is -0.803. The van der Waals surface area contributed by atoms with E-state index in [9.17, 15) is 29.0 Å². The third-order valence-electron chi connectivity index (χ3n) is 2.96. The zero-order valence-electron chi connectivity index (χ0n) is 12.1. The minimum Gasteiger partial charge on any atom is -0.489 e. The lowest BCUT2D eigenvalue weighted by atomic mass is 10.2. The van der Waals surface area contributed by atoms with E-state index in [0.29, 0.717) is 6.07 Å². The molecule has 0 heterocycles. The Kier molecular flexibility index (Phi) is 5.20. The van der Waals surface area contributed by atoms with Gasteiger partial charge in [0.05, 0.1) is 15.9 Å². The number of halogens is 2. The Morgan fingerprint density at radius 3 is 2.42 bits per heavy atom. The standard InChI is InChI=1S/C14H11F2N3O5/c15-9-1-4-14(11(16)7-9)24-6-5-17-12-3-2-10(18(20)21)8-13(12)19(22)23/h1-4,7-8,17H,5-6H2. The summed E-state index contributed by atoms with van der Waals surface area (Å²) >= 11 is 0. The highest BCUT2D eigenvalue weighted by molar-refractivity contribution is 5.65. The van der Waals surface area contributed by atoms with Crippen molar-refractivity contribution < 1.29 is 23.4 Å². The molecule has 0 saturated heterocycles. The van der Waals surface area contributed by atoms with Gasteiger partial charge < -0.3 is 10.1 Å². The molecule has 24 heavy (non-hydrogen) atoms. The van der Waals surface area contributed by atoms with Gasteiger partial charge in [0.2, 0.25) is 0 Å². The van der Waals surface area contributed by atoms with Gasteiger partial charge >= 0.3 is 0 Å². The number of nitrogens with zero attached hydrogens (tertiary/aromatic N) is 2. The van der Waals surface area contributed by atoms with Gasteiger partial charge in [0.15, 0.2) is 11.6 Å². The summed E-state index contributed by atoms with van der Waals surface area (Å²) in [7, 11) is 0. The highest BCUT2D eigenvalue weighted by atomic mass is 19.1. The van der Waals surface area contributed by atoms with Crippen molar-refractivity contribution in [3.05, 3.63) is 68.3 Å². The molecule has 0 spiro atoms. The lowest BCUT2D eigenvalue weighted by Gasteiger charge is -2.09. The van der Waals surface area contributed by atoms with Crippen molar-refractivity contribution in [3.63, 3.8) is 0 Å². The number of non-ortho nitro benzene ring substituents is 1.